The summed E-state index contributed by atoms with van der Waals surface area (Å²) in [5.41, 5.74) is 0. The summed E-state index contributed by atoms with van der Waals surface area (Å²) in [6, 6.07) is 0. The van der Waals surface area contributed by atoms with E-state index in [0.29, 0.717) is 6.42 Å². The molecule has 0 rings (SSSR count). The van der Waals surface area contributed by atoms with Crippen molar-refractivity contribution in [1.82, 2.24) is 0 Å². The molecule has 0 aliphatic heterocycles. The summed E-state index contributed by atoms with van der Waals surface area (Å²) in [6.45, 7) is 2.27. The summed E-state index contributed by atoms with van der Waals surface area (Å²) in [5.74, 6) is -0.653. The average Bonchev–Trinajstić information content (AvgIpc) is 2.43. The maximum absolute atomic E-state index is 10.3. The second-order valence-electron chi connectivity index (χ2n) is 6.09. The quantitative estimate of drug-likeness (QED) is 0.276. The van der Waals surface area contributed by atoms with Gasteiger partial charge in [0.1, 0.15) is 0 Å². The van der Waals surface area contributed by atoms with Crippen molar-refractivity contribution >= 4 is 84.1 Å². The maximum atomic E-state index is 10.3. The fourth-order valence-corrected chi connectivity index (χ4v) is 2.65. The van der Waals surface area contributed by atoms with Gasteiger partial charge < -0.3 is 12.2 Å². The third kappa shape index (κ3) is 42.7. The fourth-order valence-electron chi connectivity index (χ4n) is 2.65. The molecule has 0 aromatic rings. The van der Waals surface area contributed by atoms with Gasteiger partial charge in [-0.05, 0) is 6.42 Å². The third-order valence-corrected chi connectivity index (χ3v) is 3.99. The summed E-state index contributed by atoms with van der Waals surface area (Å²) in [5, 5.41) is 8.52. The minimum atomic E-state index is -0.653. The molecule has 0 atom stereocenters. The number of rotatable bonds is 16. The van der Waals surface area contributed by atoms with E-state index in [0.717, 1.165) is 12.8 Å². The first-order chi connectivity index (χ1) is 9.77. The summed E-state index contributed by atoms with van der Waals surface area (Å²) in [4.78, 5) is 10.3. The molecule has 0 fully saturated rings. The van der Waals surface area contributed by atoms with Gasteiger partial charge in [-0.3, -0.25) is 4.79 Å². The van der Waals surface area contributed by atoms with Crippen molar-refractivity contribution < 1.29 is 66.1 Å². The topological polar surface area (TPSA) is 37.3 Å². The van der Waals surface area contributed by atoms with Gasteiger partial charge >= 0.3 is 96.3 Å². The molecule has 0 saturated heterocycles. The maximum Gasteiger partial charge on any atom is 2.00 e. The first kappa shape index (κ1) is 42.7. The Hall–Kier alpha value is 3.65. The van der Waals surface area contributed by atoms with Crippen LogP contribution >= 0.6 is 0 Å². The van der Waals surface area contributed by atoms with Gasteiger partial charge in [-0.15, -0.1) is 0 Å². The van der Waals surface area contributed by atoms with Gasteiger partial charge in [0, 0.05) is 25.9 Å². The van der Waals surface area contributed by atoms with Crippen molar-refractivity contribution in [2.24, 2.45) is 0 Å². The molecule has 0 aromatic carbocycles. The van der Waals surface area contributed by atoms with Crippen molar-refractivity contribution in [1.29, 1.82) is 0 Å². The Morgan fingerprint density at radius 3 is 1.20 bits per heavy atom. The molecule has 25 heavy (non-hydrogen) atoms. The number of carboxylic acid groups (broad SMARTS) is 1. The monoisotopic (exact) mass is 470 g/mol. The first-order valence-electron chi connectivity index (χ1n) is 8.99. The Bertz CT molecular complexity index is 251. The number of carboxylic acids is 1. The van der Waals surface area contributed by atoms with Crippen molar-refractivity contribution in [3.05, 3.63) is 0 Å². The van der Waals surface area contributed by atoms with Crippen LogP contribution in [-0.2, 0) is 24.3 Å². The standard InChI is InChI=1S/C18H36O2.Al.Ca.Mg.Na.Zn.8H/c1-2-3-4-5-6-7-8-9-10-11-12-13-14-15-16-17-18(19)20;;;;;;;;;;;;;/h2-17H2,1H3,(H,19,20);;;;;;;;;;;;;/q;;2*+2;+1;;;;;5*-1. The molecule has 0 spiro atoms. The van der Waals surface area contributed by atoms with E-state index in [1.54, 1.807) is 0 Å². The van der Waals surface area contributed by atoms with Gasteiger partial charge in [-0.2, -0.15) is 0 Å². The van der Waals surface area contributed by atoms with E-state index in [2.05, 4.69) is 6.92 Å². The van der Waals surface area contributed by atoms with Crippen molar-refractivity contribution in [3.8, 4) is 0 Å². The Morgan fingerprint density at radius 2 is 0.960 bits per heavy atom. The van der Waals surface area contributed by atoms with Crippen LogP contribution in [0.4, 0.5) is 0 Å². The molecule has 0 aliphatic carbocycles. The van der Waals surface area contributed by atoms with Gasteiger partial charge in [0.25, 0.3) is 0 Å². The first-order valence-corrected chi connectivity index (χ1v) is 8.99. The summed E-state index contributed by atoms with van der Waals surface area (Å²) < 4.78 is 0. The smallest absolute Gasteiger partial charge is 1.00 e. The van der Waals surface area contributed by atoms with E-state index < -0.39 is 5.97 Å². The van der Waals surface area contributed by atoms with E-state index in [-0.39, 0.29) is 134 Å². The number of carbonyl (C=O) groups is 1. The zero-order chi connectivity index (χ0) is 14.9. The Morgan fingerprint density at radius 1 is 0.720 bits per heavy atom. The predicted molar refractivity (Wildman–Crippen MR) is 114 cm³/mol. The van der Waals surface area contributed by atoms with Gasteiger partial charge in [0.05, 0.1) is 0 Å². The van der Waals surface area contributed by atoms with Crippen molar-refractivity contribution in [2.45, 2.75) is 110 Å². The SMILES string of the molecule is CCCCCCCCCCCCCCCCCC(=O)O.[AlH3].[Ca+2].[H-].[H-].[H-].[H-].[H-].[Mg+2].[Na+].[Zn]. The number of hydrogen-bond acceptors (Lipinski definition) is 1. The van der Waals surface area contributed by atoms with Crippen molar-refractivity contribution in [3.63, 3.8) is 0 Å². The van der Waals surface area contributed by atoms with Gasteiger partial charge in [-0.25, -0.2) is 0 Å². The fraction of sp³-hybridized carbons (Fsp3) is 0.944. The normalized spacial score (nSPS) is 8.68. The molecule has 0 aromatic heterocycles. The molecule has 0 heterocycles. The molecule has 0 radical (unpaired) electrons. The van der Waals surface area contributed by atoms with Crippen LogP contribution in [0.2, 0.25) is 0 Å². The Balaban J connectivity index is -0.0000000401. The van der Waals surface area contributed by atoms with Gasteiger partial charge in [-0.1, -0.05) is 96.8 Å². The largest absolute Gasteiger partial charge is 2.00 e. The molecule has 138 valence electrons. The summed E-state index contributed by atoms with van der Waals surface area (Å²) >= 11 is 0. The molecule has 0 unspecified atom stereocenters. The van der Waals surface area contributed by atoms with E-state index >= 15 is 0 Å². The van der Waals surface area contributed by atoms with Crippen LogP contribution in [-0.4, -0.2) is 89.2 Å². The molecule has 0 aliphatic rings. The average molecular weight is 472 g/mol. The van der Waals surface area contributed by atoms with Gasteiger partial charge in [0.2, 0.25) is 0 Å². The van der Waals surface area contributed by atoms with Crippen LogP contribution < -0.4 is 29.6 Å². The van der Waals surface area contributed by atoms with Crippen LogP contribution in [0.15, 0.2) is 0 Å². The predicted octanol–water partition coefficient (Wildman–Crippen LogP) is 1.95. The van der Waals surface area contributed by atoms with Crippen molar-refractivity contribution in [2.75, 3.05) is 0 Å². The Kier molecular flexibility index (Phi) is 65.4. The summed E-state index contributed by atoms with van der Waals surface area (Å²) in [7, 11) is 0. The van der Waals surface area contributed by atoms with Crippen LogP contribution in [0.1, 0.15) is 117 Å². The minimum Gasteiger partial charge on any atom is -1.00 e. The van der Waals surface area contributed by atoms with Crippen LogP contribution in [0.3, 0.4) is 0 Å². The number of hydrogen-bond donors (Lipinski definition) is 1. The Labute approximate surface area is 256 Å². The third-order valence-electron chi connectivity index (χ3n) is 3.99. The minimum absolute atomic E-state index is 0. The molecule has 0 saturated carbocycles. The molecular formula is C18H44AlCaMgNaO2Zn. The second-order valence-corrected chi connectivity index (χ2v) is 6.09. The van der Waals surface area contributed by atoms with E-state index in [1.165, 1.54) is 83.5 Å². The molecule has 0 amide bonds. The molecule has 0 bridgehead atoms. The van der Waals surface area contributed by atoms with E-state index in [1.807, 2.05) is 0 Å². The molecule has 7 heteroatoms. The van der Waals surface area contributed by atoms with E-state index in [9.17, 15) is 4.79 Å². The van der Waals surface area contributed by atoms with Crippen LogP contribution in [0.5, 0.6) is 0 Å². The summed E-state index contributed by atoms with van der Waals surface area (Å²) in [6.07, 6.45) is 20.2. The molecule has 2 nitrogen and oxygen atoms in total. The zero-order valence-corrected chi connectivity index (χ0v) is 25.4. The van der Waals surface area contributed by atoms with E-state index in [4.69, 9.17) is 5.11 Å². The number of unbranched alkanes of at least 4 members (excludes halogenated alkanes) is 14. The van der Waals surface area contributed by atoms with Crippen LogP contribution in [0, 0.1) is 0 Å². The molecule has 1 N–H and O–H groups in total. The molecular weight excluding hydrogens is 428 g/mol. The van der Waals surface area contributed by atoms with Gasteiger partial charge in [0.15, 0.2) is 17.4 Å². The second kappa shape index (κ2) is 38.3. The number of aliphatic carboxylic acids is 1. The van der Waals surface area contributed by atoms with Crippen LogP contribution in [0.25, 0.3) is 0 Å². The zero-order valence-electron chi connectivity index (χ0n) is 21.8.